The molecule has 2 N–H and O–H groups in total. The maximum Gasteiger partial charge on any atom is 0.0954 e. The van der Waals surface area contributed by atoms with Gasteiger partial charge in [0.05, 0.1) is 12.4 Å². The zero-order valence-electron chi connectivity index (χ0n) is 10.2. The molecule has 0 spiro atoms. The predicted octanol–water partition coefficient (Wildman–Crippen LogP) is 2.84. The van der Waals surface area contributed by atoms with E-state index in [0.717, 1.165) is 12.8 Å². The van der Waals surface area contributed by atoms with Gasteiger partial charge in [0.1, 0.15) is 0 Å². The molecule has 2 aromatic heterocycles. The number of nitrogens with zero attached hydrogens (tertiary/aromatic N) is 2. The molecule has 1 unspecified atom stereocenters. The second-order valence-corrected chi connectivity index (χ2v) is 5.13. The van der Waals surface area contributed by atoms with Gasteiger partial charge in [0, 0.05) is 23.2 Å². The first-order chi connectivity index (χ1) is 8.36. The van der Waals surface area contributed by atoms with Crippen LogP contribution in [0.4, 0.5) is 0 Å². The van der Waals surface area contributed by atoms with Crippen LogP contribution in [-0.2, 0) is 6.42 Å². The zero-order chi connectivity index (χ0) is 12.1. The van der Waals surface area contributed by atoms with Crippen molar-refractivity contribution in [1.29, 1.82) is 0 Å². The van der Waals surface area contributed by atoms with Crippen molar-refractivity contribution >= 4 is 11.3 Å². The lowest BCUT2D eigenvalue weighted by Gasteiger charge is -2.19. The third kappa shape index (κ3) is 2.76. The molecule has 17 heavy (non-hydrogen) atoms. The molecule has 2 heterocycles. The number of imidazole rings is 1. The van der Waals surface area contributed by atoms with Gasteiger partial charge < -0.3 is 10.3 Å². The minimum absolute atomic E-state index is 0.420. The summed E-state index contributed by atoms with van der Waals surface area (Å²) >= 11 is 1.82. The van der Waals surface area contributed by atoms with E-state index in [2.05, 4.69) is 34.0 Å². The molecular formula is C13H19N3S. The number of hydrogen-bond donors (Lipinski definition) is 1. The average molecular weight is 249 g/mol. The van der Waals surface area contributed by atoms with Gasteiger partial charge in [-0.2, -0.15) is 0 Å². The summed E-state index contributed by atoms with van der Waals surface area (Å²) in [4.78, 5) is 5.67. The van der Waals surface area contributed by atoms with Crippen LogP contribution in [0, 0.1) is 0 Å². The number of thiophene rings is 1. The highest BCUT2D eigenvalue weighted by atomic mass is 32.1. The summed E-state index contributed by atoms with van der Waals surface area (Å²) in [6.07, 6.45) is 7.08. The van der Waals surface area contributed by atoms with Crippen molar-refractivity contribution in [2.75, 3.05) is 6.54 Å². The molecule has 4 heteroatoms. The average Bonchev–Trinajstić information content (AvgIpc) is 2.97. The summed E-state index contributed by atoms with van der Waals surface area (Å²) in [5, 5.41) is 2.14. The molecule has 0 aliphatic rings. The van der Waals surface area contributed by atoms with Crippen LogP contribution in [0.15, 0.2) is 30.0 Å². The highest BCUT2D eigenvalue weighted by molar-refractivity contribution is 7.10. The Balaban J connectivity index is 2.29. The van der Waals surface area contributed by atoms with Crippen molar-refractivity contribution < 1.29 is 0 Å². The van der Waals surface area contributed by atoms with Gasteiger partial charge in [-0.1, -0.05) is 19.4 Å². The van der Waals surface area contributed by atoms with Crippen molar-refractivity contribution in [1.82, 2.24) is 9.55 Å². The zero-order valence-corrected chi connectivity index (χ0v) is 11.0. The molecule has 0 saturated carbocycles. The summed E-state index contributed by atoms with van der Waals surface area (Å²) in [5.41, 5.74) is 6.88. The van der Waals surface area contributed by atoms with Crippen LogP contribution >= 0.6 is 11.3 Å². The van der Waals surface area contributed by atoms with E-state index in [4.69, 9.17) is 5.73 Å². The SMILES string of the molecule is CCCC(c1cccs1)n1cncc1CCN. The lowest BCUT2D eigenvalue weighted by molar-refractivity contribution is 0.523. The fourth-order valence-corrected chi connectivity index (χ4v) is 2.99. The van der Waals surface area contributed by atoms with Gasteiger partial charge in [-0.25, -0.2) is 4.98 Å². The summed E-state index contributed by atoms with van der Waals surface area (Å²) in [5.74, 6) is 0. The Morgan fingerprint density at radius 2 is 2.41 bits per heavy atom. The van der Waals surface area contributed by atoms with Crippen LogP contribution in [0.2, 0.25) is 0 Å². The van der Waals surface area contributed by atoms with E-state index in [9.17, 15) is 0 Å². The van der Waals surface area contributed by atoms with Gasteiger partial charge in [-0.05, 0) is 24.4 Å². The molecule has 0 radical (unpaired) electrons. The van der Waals surface area contributed by atoms with E-state index in [1.807, 2.05) is 23.9 Å². The van der Waals surface area contributed by atoms with Gasteiger partial charge in [-0.3, -0.25) is 0 Å². The second kappa shape index (κ2) is 5.98. The van der Waals surface area contributed by atoms with E-state index >= 15 is 0 Å². The molecule has 0 aliphatic heterocycles. The fourth-order valence-electron chi connectivity index (χ4n) is 2.13. The van der Waals surface area contributed by atoms with Crippen LogP contribution in [0.1, 0.15) is 36.4 Å². The van der Waals surface area contributed by atoms with Gasteiger partial charge in [0.15, 0.2) is 0 Å². The third-order valence-electron chi connectivity index (χ3n) is 2.92. The molecule has 0 amide bonds. The van der Waals surface area contributed by atoms with E-state index in [1.54, 1.807) is 0 Å². The van der Waals surface area contributed by atoms with Crippen LogP contribution in [0.5, 0.6) is 0 Å². The van der Waals surface area contributed by atoms with Crippen molar-refractivity contribution in [3.05, 3.63) is 40.6 Å². The van der Waals surface area contributed by atoms with Crippen molar-refractivity contribution in [2.45, 2.75) is 32.2 Å². The first-order valence-corrected chi connectivity index (χ1v) is 6.99. The lowest BCUT2D eigenvalue weighted by atomic mass is 10.1. The maximum atomic E-state index is 5.64. The number of rotatable bonds is 6. The first kappa shape index (κ1) is 12.3. The first-order valence-electron chi connectivity index (χ1n) is 6.11. The lowest BCUT2D eigenvalue weighted by Crippen LogP contribution is -2.14. The molecule has 2 rings (SSSR count). The highest BCUT2D eigenvalue weighted by Crippen LogP contribution is 2.28. The highest BCUT2D eigenvalue weighted by Gasteiger charge is 2.16. The van der Waals surface area contributed by atoms with Crippen molar-refractivity contribution in [3.8, 4) is 0 Å². The van der Waals surface area contributed by atoms with Crippen LogP contribution in [-0.4, -0.2) is 16.1 Å². The van der Waals surface area contributed by atoms with Gasteiger partial charge in [0.2, 0.25) is 0 Å². The van der Waals surface area contributed by atoms with Crippen LogP contribution < -0.4 is 5.73 Å². The predicted molar refractivity (Wildman–Crippen MR) is 72.4 cm³/mol. The Labute approximate surface area is 106 Å². The van der Waals surface area contributed by atoms with E-state index < -0.39 is 0 Å². The normalized spacial score (nSPS) is 12.8. The van der Waals surface area contributed by atoms with E-state index in [1.165, 1.54) is 17.0 Å². The monoisotopic (exact) mass is 249 g/mol. The minimum Gasteiger partial charge on any atom is -0.330 e. The molecule has 0 aromatic carbocycles. The third-order valence-corrected chi connectivity index (χ3v) is 3.89. The fraction of sp³-hybridized carbons (Fsp3) is 0.462. The Morgan fingerprint density at radius 1 is 1.53 bits per heavy atom. The van der Waals surface area contributed by atoms with E-state index in [-0.39, 0.29) is 0 Å². The minimum atomic E-state index is 0.420. The molecular weight excluding hydrogens is 230 g/mol. The Kier molecular flexibility index (Phi) is 4.34. The van der Waals surface area contributed by atoms with Crippen molar-refractivity contribution in [2.24, 2.45) is 5.73 Å². The molecule has 0 saturated heterocycles. The Morgan fingerprint density at radius 3 is 3.06 bits per heavy atom. The quantitative estimate of drug-likeness (QED) is 0.855. The van der Waals surface area contributed by atoms with E-state index in [0.29, 0.717) is 12.6 Å². The van der Waals surface area contributed by atoms with Gasteiger partial charge in [0.25, 0.3) is 0 Å². The molecule has 2 aromatic rings. The van der Waals surface area contributed by atoms with Crippen LogP contribution in [0.3, 0.4) is 0 Å². The summed E-state index contributed by atoms with van der Waals surface area (Å²) in [6.45, 7) is 2.90. The summed E-state index contributed by atoms with van der Waals surface area (Å²) < 4.78 is 2.28. The Bertz CT molecular complexity index is 433. The second-order valence-electron chi connectivity index (χ2n) is 4.15. The summed E-state index contributed by atoms with van der Waals surface area (Å²) in [7, 11) is 0. The molecule has 1 atom stereocenters. The molecule has 3 nitrogen and oxygen atoms in total. The smallest absolute Gasteiger partial charge is 0.0954 e. The number of aromatic nitrogens is 2. The maximum absolute atomic E-state index is 5.64. The number of hydrogen-bond acceptors (Lipinski definition) is 3. The number of nitrogens with two attached hydrogens (primary N) is 1. The topological polar surface area (TPSA) is 43.8 Å². The standard InChI is InChI=1S/C13H19N3S/c1-2-4-12(13-5-3-8-17-13)16-10-15-9-11(16)6-7-14/h3,5,8-10,12H,2,4,6-7,14H2,1H3. The van der Waals surface area contributed by atoms with Gasteiger partial charge >= 0.3 is 0 Å². The molecule has 92 valence electrons. The largest absolute Gasteiger partial charge is 0.330 e. The molecule has 0 fully saturated rings. The Hall–Kier alpha value is -1.13. The summed E-state index contributed by atoms with van der Waals surface area (Å²) in [6, 6.07) is 4.74. The molecule has 0 aliphatic carbocycles. The van der Waals surface area contributed by atoms with Crippen LogP contribution in [0.25, 0.3) is 0 Å². The van der Waals surface area contributed by atoms with Gasteiger partial charge in [-0.15, -0.1) is 11.3 Å². The molecule has 0 bridgehead atoms. The van der Waals surface area contributed by atoms with Crippen molar-refractivity contribution in [3.63, 3.8) is 0 Å².